The molecule has 0 fully saturated rings. The zero-order chi connectivity index (χ0) is 73.9. The van der Waals surface area contributed by atoms with Crippen molar-refractivity contribution in [3.8, 4) is 94.7 Å². The molecule has 2 aliphatic heterocycles. The molecule has 0 bridgehead atoms. The number of aromatic nitrogens is 1. The maximum atomic E-state index is 2.74. The van der Waals surface area contributed by atoms with Crippen LogP contribution in [-0.2, 0) is 10.8 Å². The number of anilines is 6. The first kappa shape index (κ1) is 65.5. The Morgan fingerprint density at radius 2 is 0.685 bits per heavy atom. The SMILES string of the molecule is CC(C)(C)c1ccc(-c2ccc3c(c2)B2c4ccc(-n5c6ccccc6c6ccccc65)cc4N(c4c(-c5ccccc5)cc(-c5ccccc5)cc4-c4ccccc4)c4cc(-c5cccc6c5C(c5ccccc5)(c5ccccc5)c5ccccc5-6)cc(c42)N3c2c(-c3ccccc3)cccc2-c2ccccc2)cc1. The van der Waals surface area contributed by atoms with Crippen LogP contribution in [-0.4, -0.2) is 11.3 Å². The molecule has 0 radical (unpaired) electrons. The van der Waals surface area contributed by atoms with Crippen molar-refractivity contribution in [3.05, 3.63) is 434 Å². The van der Waals surface area contributed by atoms with E-state index < -0.39 is 5.41 Å². The van der Waals surface area contributed by atoms with Crippen molar-refractivity contribution < 1.29 is 0 Å². The van der Waals surface area contributed by atoms with Gasteiger partial charge >= 0.3 is 0 Å². The fraction of sp³-hybridized carbons (Fsp3) is 0.0467. The predicted octanol–water partition coefficient (Wildman–Crippen LogP) is 26.2. The fourth-order valence-electron chi connectivity index (χ4n) is 18.9. The van der Waals surface area contributed by atoms with Gasteiger partial charge in [-0.25, -0.2) is 0 Å². The van der Waals surface area contributed by atoms with E-state index in [1.54, 1.807) is 0 Å². The van der Waals surface area contributed by atoms with Crippen LogP contribution >= 0.6 is 0 Å². The van der Waals surface area contributed by atoms with E-state index in [0.29, 0.717) is 0 Å². The molecule has 0 saturated heterocycles. The van der Waals surface area contributed by atoms with Crippen LogP contribution in [0.25, 0.3) is 117 Å². The predicted molar refractivity (Wildman–Crippen MR) is 469 cm³/mol. The van der Waals surface area contributed by atoms with Gasteiger partial charge in [-0.05, 0) is 171 Å². The molecule has 0 N–H and O–H groups in total. The second-order valence-corrected chi connectivity index (χ2v) is 31.0. The van der Waals surface area contributed by atoms with Gasteiger partial charge in [0, 0.05) is 61.5 Å². The maximum absolute atomic E-state index is 2.74. The highest BCUT2D eigenvalue weighted by molar-refractivity contribution is 7.00. The van der Waals surface area contributed by atoms with E-state index in [2.05, 4.69) is 442 Å². The summed E-state index contributed by atoms with van der Waals surface area (Å²) in [6, 6.07) is 154. The van der Waals surface area contributed by atoms with Crippen molar-refractivity contribution in [2.45, 2.75) is 31.6 Å². The molecule has 3 aliphatic rings. The summed E-state index contributed by atoms with van der Waals surface area (Å²) < 4.78 is 2.51. The fourth-order valence-corrected chi connectivity index (χ4v) is 18.9. The van der Waals surface area contributed by atoms with E-state index in [0.717, 1.165) is 123 Å². The lowest BCUT2D eigenvalue weighted by atomic mass is 9.33. The highest BCUT2D eigenvalue weighted by atomic mass is 15.2. The van der Waals surface area contributed by atoms with Gasteiger partial charge in [0.2, 0.25) is 0 Å². The lowest BCUT2D eigenvalue weighted by Crippen LogP contribution is -2.61. The Bertz CT molecular complexity index is 6430. The third-order valence-corrected chi connectivity index (χ3v) is 23.8. The largest absolute Gasteiger partial charge is 0.310 e. The average molecular weight is 1410 g/mol. The standard InChI is InChI=1S/C107H76BN3/c1-106(2,3)80-60-57-72(58-61-80)77-59-64-98-95(67-77)108-94-63-62-83(109-96-55-29-26-48-88(96)89-49-27-30-56-97(89)109)70-99(94)111(105-91(75-39-17-7-18-40-75)65-78(71-33-11-4-12-34-71)66-92(105)76-41-19-8-20-42-76)101-69-79(68-100(103(101)108)110(98)104-85(73-35-13-5-14-36-73)51-32-52-86(104)74-37-15-6-16-38-74)84-50-31-53-90-87-47-25-28-54-93(87)107(102(84)90,81-43-21-9-22-44-81)82-45-23-10-24-46-82/h4-70H,1-3H3. The van der Waals surface area contributed by atoms with E-state index >= 15 is 0 Å². The molecule has 17 aromatic carbocycles. The van der Waals surface area contributed by atoms with E-state index in [9.17, 15) is 0 Å². The van der Waals surface area contributed by atoms with E-state index in [1.807, 2.05) is 0 Å². The van der Waals surface area contributed by atoms with Crippen molar-refractivity contribution in [2.24, 2.45) is 0 Å². The summed E-state index contributed by atoms with van der Waals surface area (Å²) in [6.45, 7) is 6.60. The topological polar surface area (TPSA) is 11.4 Å². The minimum Gasteiger partial charge on any atom is -0.310 e. The van der Waals surface area contributed by atoms with Gasteiger partial charge in [0.25, 0.3) is 6.71 Å². The molecule has 111 heavy (non-hydrogen) atoms. The summed E-state index contributed by atoms with van der Waals surface area (Å²) in [5.41, 5.74) is 37.4. The zero-order valence-electron chi connectivity index (χ0n) is 62.1. The van der Waals surface area contributed by atoms with E-state index in [4.69, 9.17) is 0 Å². The number of rotatable bonds is 12. The molecule has 1 aromatic heterocycles. The summed E-state index contributed by atoms with van der Waals surface area (Å²) >= 11 is 0. The van der Waals surface area contributed by atoms with Gasteiger partial charge in [-0.1, -0.05) is 373 Å². The lowest BCUT2D eigenvalue weighted by molar-refractivity contribution is 0.590. The molecule has 0 amide bonds. The van der Waals surface area contributed by atoms with Gasteiger partial charge in [0.05, 0.1) is 27.8 Å². The molecule has 21 rings (SSSR count). The number of para-hydroxylation sites is 3. The maximum Gasteiger partial charge on any atom is 0.252 e. The number of hydrogen-bond donors (Lipinski definition) is 0. The zero-order valence-corrected chi connectivity index (χ0v) is 62.1. The quantitative estimate of drug-likeness (QED) is 0.113. The summed E-state index contributed by atoms with van der Waals surface area (Å²) in [6.07, 6.45) is 0. The number of nitrogens with zero attached hydrogens (tertiary/aromatic N) is 3. The lowest BCUT2D eigenvalue weighted by Gasteiger charge is -2.46. The van der Waals surface area contributed by atoms with Crippen molar-refractivity contribution in [1.29, 1.82) is 0 Å². The molecule has 522 valence electrons. The number of hydrogen-bond acceptors (Lipinski definition) is 2. The second-order valence-electron chi connectivity index (χ2n) is 31.0. The molecular weight excluding hydrogens is 1340 g/mol. The Morgan fingerprint density at radius 1 is 0.261 bits per heavy atom. The molecular formula is C107H76BN3. The van der Waals surface area contributed by atoms with Crippen molar-refractivity contribution in [2.75, 3.05) is 9.80 Å². The van der Waals surface area contributed by atoms with Crippen LogP contribution in [0.3, 0.4) is 0 Å². The molecule has 1 aliphatic carbocycles. The molecule has 0 spiro atoms. The van der Waals surface area contributed by atoms with E-state index in [-0.39, 0.29) is 12.1 Å². The summed E-state index contributed by atoms with van der Waals surface area (Å²) in [7, 11) is 0. The normalized spacial score (nSPS) is 13.0. The van der Waals surface area contributed by atoms with E-state index in [1.165, 1.54) is 71.7 Å². The minimum absolute atomic E-state index is 0.0246. The second kappa shape index (κ2) is 26.3. The van der Waals surface area contributed by atoms with Gasteiger partial charge in [-0.15, -0.1) is 0 Å². The van der Waals surface area contributed by atoms with Crippen LogP contribution in [0.2, 0.25) is 0 Å². The van der Waals surface area contributed by atoms with Crippen LogP contribution < -0.4 is 26.2 Å². The van der Waals surface area contributed by atoms with Gasteiger partial charge in [0.1, 0.15) is 0 Å². The highest BCUT2D eigenvalue weighted by Gasteiger charge is 2.50. The Kier molecular flexibility index (Phi) is 15.5. The van der Waals surface area contributed by atoms with Crippen LogP contribution in [0.5, 0.6) is 0 Å². The first-order valence-electron chi connectivity index (χ1n) is 38.8. The Balaban J connectivity index is 0.971. The molecule has 0 atom stereocenters. The highest BCUT2D eigenvalue weighted by Crippen LogP contribution is 2.61. The van der Waals surface area contributed by atoms with Crippen molar-refractivity contribution in [3.63, 3.8) is 0 Å². The average Bonchev–Trinajstić information content (AvgIpc) is 1.62. The van der Waals surface area contributed by atoms with Gasteiger partial charge in [-0.2, -0.15) is 0 Å². The Hall–Kier alpha value is -13.8. The van der Waals surface area contributed by atoms with Crippen LogP contribution in [0.4, 0.5) is 34.1 Å². The summed E-state index contributed by atoms with van der Waals surface area (Å²) in [4.78, 5) is 5.44. The van der Waals surface area contributed by atoms with Crippen LogP contribution in [0.15, 0.2) is 406 Å². The summed E-state index contributed by atoms with van der Waals surface area (Å²) in [5.74, 6) is 0. The smallest absolute Gasteiger partial charge is 0.252 e. The molecule has 0 saturated carbocycles. The Labute approximate surface area is 649 Å². The van der Waals surface area contributed by atoms with Crippen LogP contribution in [0.1, 0.15) is 48.6 Å². The molecule has 0 unspecified atom stereocenters. The van der Waals surface area contributed by atoms with Crippen molar-refractivity contribution >= 4 is 79.0 Å². The Morgan fingerprint density at radius 3 is 1.23 bits per heavy atom. The molecule has 3 nitrogen and oxygen atoms in total. The van der Waals surface area contributed by atoms with Crippen LogP contribution in [0, 0.1) is 0 Å². The number of fused-ring (bicyclic) bond motifs is 10. The molecule has 3 heterocycles. The first-order valence-corrected chi connectivity index (χ1v) is 38.8. The molecule has 18 aromatic rings. The monoisotopic (exact) mass is 1410 g/mol. The van der Waals surface area contributed by atoms with Gasteiger partial charge < -0.3 is 14.4 Å². The third-order valence-electron chi connectivity index (χ3n) is 23.8. The first-order chi connectivity index (χ1) is 54.7. The minimum atomic E-state index is -0.743. The van der Waals surface area contributed by atoms with Gasteiger partial charge in [0.15, 0.2) is 0 Å². The molecule has 4 heteroatoms. The van der Waals surface area contributed by atoms with Crippen molar-refractivity contribution in [1.82, 2.24) is 4.57 Å². The third kappa shape index (κ3) is 10.5. The number of benzene rings is 17. The van der Waals surface area contributed by atoms with Gasteiger partial charge in [-0.3, -0.25) is 0 Å². The summed E-state index contributed by atoms with van der Waals surface area (Å²) in [5, 5.41) is 2.43.